The van der Waals surface area contributed by atoms with Crippen molar-refractivity contribution in [3.8, 4) is 11.5 Å². The third kappa shape index (κ3) is 6.15. The van der Waals surface area contributed by atoms with Crippen LogP contribution in [0.1, 0.15) is 31.7 Å². The minimum Gasteiger partial charge on any atom is -0.413 e. The summed E-state index contributed by atoms with van der Waals surface area (Å²) >= 11 is 0. The number of benzene rings is 1. The van der Waals surface area contributed by atoms with Crippen molar-refractivity contribution in [1.82, 2.24) is 20.0 Å². The van der Waals surface area contributed by atoms with Crippen molar-refractivity contribution in [2.24, 2.45) is 11.8 Å². The van der Waals surface area contributed by atoms with Gasteiger partial charge in [0.05, 0.1) is 24.2 Å². The first-order valence-corrected chi connectivity index (χ1v) is 13.7. The summed E-state index contributed by atoms with van der Waals surface area (Å²) in [6, 6.07) is 6.20. The maximum Gasteiger partial charge on any atom is 0.470 e. The molecule has 4 rings (SSSR count). The van der Waals surface area contributed by atoms with E-state index in [1.54, 1.807) is 41.2 Å². The highest BCUT2D eigenvalue weighted by Gasteiger charge is 2.38. The molecule has 1 aliphatic carbocycles. The molecule has 2 amide bonds. The third-order valence-electron chi connectivity index (χ3n) is 6.78. The van der Waals surface area contributed by atoms with E-state index in [2.05, 4.69) is 10.2 Å². The van der Waals surface area contributed by atoms with Crippen LogP contribution in [0.15, 0.2) is 40.5 Å². The molecule has 9 nitrogen and oxygen atoms in total. The van der Waals surface area contributed by atoms with Crippen LogP contribution in [-0.4, -0.2) is 72.3 Å². The lowest BCUT2D eigenvalue weighted by Crippen LogP contribution is -2.50. The Hall–Kier alpha value is -2.93. The fourth-order valence-electron chi connectivity index (χ4n) is 4.63. The van der Waals surface area contributed by atoms with Gasteiger partial charge in [0.2, 0.25) is 5.89 Å². The van der Waals surface area contributed by atoms with Crippen LogP contribution in [0, 0.1) is 11.8 Å². The molecule has 0 saturated carbocycles. The lowest BCUT2D eigenvalue weighted by Gasteiger charge is -2.39. The molecule has 0 radical (unpaired) electrons. The minimum atomic E-state index is -4.73. The number of ether oxygens (including phenoxy) is 1. The number of hydrogen-bond donors (Lipinski definition) is 0. The summed E-state index contributed by atoms with van der Waals surface area (Å²) in [4.78, 5) is 16.9. The molecule has 2 aliphatic rings. The van der Waals surface area contributed by atoms with Gasteiger partial charge in [0.15, 0.2) is 9.84 Å². The van der Waals surface area contributed by atoms with Crippen LogP contribution in [0.3, 0.4) is 0 Å². The Kier molecular flexibility index (Phi) is 7.65. The molecule has 13 heteroatoms. The normalized spacial score (nSPS) is 24.0. The molecule has 37 heavy (non-hydrogen) atoms. The molecule has 2 aromatic rings. The highest BCUT2D eigenvalue weighted by molar-refractivity contribution is 7.91. The first-order valence-electron chi connectivity index (χ1n) is 11.9. The van der Waals surface area contributed by atoms with Crippen LogP contribution >= 0.6 is 0 Å². The van der Waals surface area contributed by atoms with E-state index in [0.717, 1.165) is 17.7 Å². The second kappa shape index (κ2) is 10.4. The highest BCUT2D eigenvalue weighted by atomic mass is 32.2. The van der Waals surface area contributed by atoms with Crippen LogP contribution in [0.4, 0.5) is 18.0 Å². The number of urea groups is 1. The number of carbonyl (C=O) groups is 1. The van der Waals surface area contributed by atoms with Gasteiger partial charge in [0, 0.05) is 37.4 Å². The van der Waals surface area contributed by atoms with Crippen molar-refractivity contribution in [2.45, 2.75) is 39.1 Å². The third-order valence-corrected chi connectivity index (χ3v) is 8.39. The average Bonchev–Trinajstić information content (AvgIpc) is 3.35. The Morgan fingerprint density at radius 1 is 1.16 bits per heavy atom. The molecule has 1 aliphatic heterocycles. The zero-order valence-corrected chi connectivity index (χ0v) is 21.6. The molecule has 1 fully saturated rings. The maximum absolute atomic E-state index is 13.6. The number of nitrogens with zero attached hydrogens (tertiary/aromatic N) is 4. The number of amides is 2. The zero-order chi connectivity index (χ0) is 27.0. The van der Waals surface area contributed by atoms with Crippen LogP contribution in [0.2, 0.25) is 0 Å². The van der Waals surface area contributed by atoms with Crippen molar-refractivity contribution in [2.75, 3.05) is 31.7 Å². The van der Waals surface area contributed by atoms with Gasteiger partial charge in [-0.2, -0.15) is 13.2 Å². The van der Waals surface area contributed by atoms with Gasteiger partial charge in [-0.05, 0) is 30.0 Å². The molecular formula is C24H29F3N4O5S. The second-order valence-corrected chi connectivity index (χ2v) is 11.8. The maximum atomic E-state index is 13.6. The van der Waals surface area contributed by atoms with Crippen molar-refractivity contribution in [3.05, 3.63) is 47.5 Å². The van der Waals surface area contributed by atoms with Gasteiger partial charge in [-0.15, -0.1) is 10.2 Å². The summed E-state index contributed by atoms with van der Waals surface area (Å²) in [5.41, 5.74) is 1.87. The number of alkyl halides is 3. The predicted octanol–water partition coefficient (Wildman–Crippen LogP) is 3.98. The lowest BCUT2D eigenvalue weighted by molar-refractivity contribution is -0.156. The first-order chi connectivity index (χ1) is 17.4. The molecule has 0 bridgehead atoms. The highest BCUT2D eigenvalue weighted by Crippen LogP contribution is 2.34. The SMILES string of the molecule is COC1CC(C)C(N(Cc2ccc(-c3nnc(C(F)(F)F)o3)cc2)C(=O)N2CCS(=O)(=O)CC2)=CC1C. The quantitative estimate of drug-likeness (QED) is 0.563. The molecular weight excluding hydrogens is 513 g/mol. The Morgan fingerprint density at radius 2 is 1.81 bits per heavy atom. The Bertz CT molecular complexity index is 1250. The number of rotatable bonds is 5. The standard InChI is InChI=1S/C24H29F3N4O5S/c1-15-13-20(35-3)16(2)12-19(15)31(23(32)30-8-10-37(33,34)11-9-30)14-17-4-6-18(7-5-17)21-28-29-22(36-21)24(25,26)27/h4-7,12,15-16,20H,8-11,13-14H2,1-3H3. The van der Waals surface area contributed by atoms with Gasteiger partial charge in [-0.3, -0.25) is 4.90 Å². The number of methoxy groups -OCH3 is 1. The predicted molar refractivity (Wildman–Crippen MR) is 128 cm³/mol. The number of aromatic nitrogens is 2. The Balaban J connectivity index is 1.59. The molecule has 1 saturated heterocycles. The zero-order valence-electron chi connectivity index (χ0n) is 20.7. The van der Waals surface area contributed by atoms with Crippen molar-refractivity contribution >= 4 is 15.9 Å². The minimum absolute atomic E-state index is 0.0112. The van der Waals surface area contributed by atoms with Crippen molar-refractivity contribution in [3.63, 3.8) is 0 Å². The van der Waals surface area contributed by atoms with Crippen molar-refractivity contribution in [1.29, 1.82) is 0 Å². The van der Waals surface area contributed by atoms with E-state index in [-0.39, 0.29) is 61.0 Å². The molecule has 1 aromatic heterocycles. The van der Waals surface area contributed by atoms with E-state index in [4.69, 9.17) is 9.15 Å². The van der Waals surface area contributed by atoms with E-state index in [0.29, 0.717) is 5.56 Å². The van der Waals surface area contributed by atoms with E-state index >= 15 is 0 Å². The molecule has 3 unspecified atom stereocenters. The van der Waals surface area contributed by atoms with Crippen molar-refractivity contribution < 1.29 is 35.5 Å². The summed E-state index contributed by atoms with van der Waals surface area (Å²) in [6.07, 6.45) is -1.97. The van der Waals surface area contributed by atoms with E-state index in [1.807, 2.05) is 19.9 Å². The Labute approximate surface area is 213 Å². The summed E-state index contributed by atoms with van der Waals surface area (Å²) in [6.45, 7) is 4.47. The van der Waals surface area contributed by atoms with Gasteiger partial charge in [0.1, 0.15) is 0 Å². The number of allylic oxidation sites excluding steroid dienone is 1. The summed E-state index contributed by atoms with van der Waals surface area (Å²) < 4.78 is 72.5. The molecule has 1 aromatic carbocycles. The van der Waals surface area contributed by atoms with Crippen LogP contribution in [0.25, 0.3) is 11.5 Å². The molecule has 2 heterocycles. The van der Waals surface area contributed by atoms with Crippen LogP contribution < -0.4 is 0 Å². The monoisotopic (exact) mass is 542 g/mol. The number of carbonyl (C=O) groups excluding carboxylic acids is 1. The number of hydrogen-bond acceptors (Lipinski definition) is 7. The first kappa shape index (κ1) is 27.1. The molecule has 0 spiro atoms. The van der Waals surface area contributed by atoms with E-state index in [1.165, 1.54) is 0 Å². The topological polar surface area (TPSA) is 106 Å². The Morgan fingerprint density at radius 3 is 2.38 bits per heavy atom. The molecule has 0 N–H and O–H groups in total. The van der Waals surface area contributed by atoms with E-state index < -0.39 is 21.9 Å². The smallest absolute Gasteiger partial charge is 0.413 e. The number of sulfone groups is 1. The summed E-state index contributed by atoms with van der Waals surface area (Å²) in [5.74, 6) is -1.77. The van der Waals surface area contributed by atoms with Gasteiger partial charge in [-0.25, -0.2) is 13.2 Å². The lowest BCUT2D eigenvalue weighted by atomic mass is 9.84. The summed E-state index contributed by atoms with van der Waals surface area (Å²) in [7, 11) is -1.50. The second-order valence-electron chi connectivity index (χ2n) is 9.48. The fraction of sp³-hybridized carbons (Fsp3) is 0.542. The largest absolute Gasteiger partial charge is 0.470 e. The summed E-state index contributed by atoms with van der Waals surface area (Å²) in [5, 5.41) is 6.52. The van der Waals surface area contributed by atoms with Gasteiger partial charge >= 0.3 is 18.1 Å². The van der Waals surface area contributed by atoms with E-state index in [9.17, 15) is 26.4 Å². The number of halogens is 3. The fourth-order valence-corrected chi connectivity index (χ4v) is 5.83. The van der Waals surface area contributed by atoms with Gasteiger partial charge < -0.3 is 14.1 Å². The van der Waals surface area contributed by atoms with Gasteiger partial charge in [0.25, 0.3) is 0 Å². The van der Waals surface area contributed by atoms with Crippen LogP contribution in [0.5, 0.6) is 0 Å². The average molecular weight is 543 g/mol. The van der Waals surface area contributed by atoms with Gasteiger partial charge in [-0.1, -0.05) is 32.1 Å². The van der Waals surface area contributed by atoms with Crippen LogP contribution in [-0.2, 0) is 27.3 Å². The molecule has 3 atom stereocenters. The molecule has 202 valence electrons.